The predicted octanol–water partition coefficient (Wildman–Crippen LogP) is 1.97. The van der Waals surface area contributed by atoms with Gasteiger partial charge in [-0.3, -0.25) is 9.59 Å². The highest BCUT2D eigenvalue weighted by atomic mass is 16.5. The van der Waals surface area contributed by atoms with Gasteiger partial charge in [-0.2, -0.15) is 0 Å². The number of rotatable bonds is 2. The SMILES string of the molecule is COc1cc(C)cc2c(C)c(C=O)c(=O)[nH]c12. The van der Waals surface area contributed by atoms with Crippen LogP contribution in [0.5, 0.6) is 5.75 Å². The molecule has 17 heavy (non-hydrogen) atoms. The molecule has 1 heterocycles. The smallest absolute Gasteiger partial charge is 0.259 e. The van der Waals surface area contributed by atoms with Crippen LogP contribution in [0.1, 0.15) is 21.5 Å². The Balaban J connectivity index is 3.01. The van der Waals surface area contributed by atoms with Crippen molar-refractivity contribution in [1.29, 1.82) is 0 Å². The molecule has 0 aliphatic rings. The minimum Gasteiger partial charge on any atom is -0.495 e. The number of pyridine rings is 1. The largest absolute Gasteiger partial charge is 0.495 e. The van der Waals surface area contributed by atoms with Gasteiger partial charge in [0.15, 0.2) is 6.29 Å². The van der Waals surface area contributed by atoms with Crippen LogP contribution in [-0.4, -0.2) is 18.4 Å². The summed E-state index contributed by atoms with van der Waals surface area (Å²) in [5.74, 6) is 0.609. The topological polar surface area (TPSA) is 59.2 Å². The number of aromatic amines is 1. The Bertz CT molecular complexity index is 656. The van der Waals surface area contributed by atoms with Crippen LogP contribution in [0.2, 0.25) is 0 Å². The zero-order chi connectivity index (χ0) is 12.6. The zero-order valence-corrected chi connectivity index (χ0v) is 9.96. The lowest BCUT2D eigenvalue weighted by molar-refractivity contribution is 0.112. The van der Waals surface area contributed by atoms with Crippen molar-refractivity contribution in [2.75, 3.05) is 7.11 Å². The van der Waals surface area contributed by atoms with E-state index < -0.39 is 0 Å². The number of carbonyl (C=O) groups is 1. The van der Waals surface area contributed by atoms with E-state index in [9.17, 15) is 9.59 Å². The van der Waals surface area contributed by atoms with E-state index in [0.717, 1.165) is 10.9 Å². The molecule has 0 bridgehead atoms. The Morgan fingerprint density at radius 2 is 2.00 bits per heavy atom. The van der Waals surface area contributed by atoms with Gasteiger partial charge >= 0.3 is 0 Å². The first-order valence-electron chi connectivity index (χ1n) is 5.25. The van der Waals surface area contributed by atoms with Gasteiger partial charge in [0, 0.05) is 5.39 Å². The van der Waals surface area contributed by atoms with E-state index in [1.54, 1.807) is 14.0 Å². The molecule has 0 spiro atoms. The molecule has 88 valence electrons. The number of fused-ring (bicyclic) bond motifs is 1. The van der Waals surface area contributed by atoms with E-state index >= 15 is 0 Å². The summed E-state index contributed by atoms with van der Waals surface area (Å²) in [6.45, 7) is 3.70. The van der Waals surface area contributed by atoms with Crippen molar-refractivity contribution < 1.29 is 9.53 Å². The van der Waals surface area contributed by atoms with Gasteiger partial charge in [0.1, 0.15) is 5.75 Å². The normalized spacial score (nSPS) is 10.5. The molecule has 4 heteroatoms. The first-order chi connectivity index (χ1) is 8.08. The van der Waals surface area contributed by atoms with Crippen molar-refractivity contribution in [3.63, 3.8) is 0 Å². The van der Waals surface area contributed by atoms with Crippen LogP contribution < -0.4 is 10.3 Å². The number of aromatic nitrogens is 1. The van der Waals surface area contributed by atoms with Crippen LogP contribution in [0.3, 0.4) is 0 Å². The first kappa shape index (κ1) is 11.4. The third-order valence-electron chi connectivity index (χ3n) is 2.88. The Labute approximate surface area is 98.2 Å². The molecule has 2 aromatic rings. The molecule has 0 fully saturated rings. The maximum atomic E-state index is 11.7. The quantitative estimate of drug-likeness (QED) is 0.804. The van der Waals surface area contributed by atoms with E-state index in [1.165, 1.54) is 0 Å². The maximum Gasteiger partial charge on any atom is 0.259 e. The molecular weight excluding hydrogens is 218 g/mol. The average molecular weight is 231 g/mol. The monoisotopic (exact) mass is 231 g/mol. The van der Waals surface area contributed by atoms with Gasteiger partial charge in [-0.15, -0.1) is 0 Å². The van der Waals surface area contributed by atoms with Gasteiger partial charge in [-0.05, 0) is 37.1 Å². The van der Waals surface area contributed by atoms with E-state index in [-0.39, 0.29) is 11.1 Å². The number of aldehydes is 1. The minimum absolute atomic E-state index is 0.171. The Kier molecular flexibility index (Phi) is 2.71. The van der Waals surface area contributed by atoms with Crippen LogP contribution in [0.4, 0.5) is 0 Å². The summed E-state index contributed by atoms with van der Waals surface area (Å²) in [5.41, 5.74) is 2.12. The second kappa shape index (κ2) is 4.05. The van der Waals surface area contributed by atoms with Gasteiger partial charge in [0.2, 0.25) is 0 Å². The lowest BCUT2D eigenvalue weighted by Crippen LogP contribution is -2.14. The number of carbonyl (C=O) groups excluding carboxylic acids is 1. The molecule has 1 aromatic carbocycles. The number of hydrogen-bond acceptors (Lipinski definition) is 3. The van der Waals surface area contributed by atoms with E-state index in [1.807, 2.05) is 19.1 Å². The number of aryl methyl sites for hydroxylation is 2. The van der Waals surface area contributed by atoms with Crippen LogP contribution in [0, 0.1) is 13.8 Å². The second-order valence-electron chi connectivity index (χ2n) is 4.00. The van der Waals surface area contributed by atoms with E-state index in [2.05, 4.69) is 4.98 Å². The molecule has 0 radical (unpaired) electrons. The van der Waals surface area contributed by atoms with Crippen LogP contribution >= 0.6 is 0 Å². The molecule has 0 atom stereocenters. The molecule has 0 aliphatic carbocycles. The van der Waals surface area contributed by atoms with Crippen molar-refractivity contribution in [3.05, 3.63) is 39.2 Å². The van der Waals surface area contributed by atoms with E-state index in [0.29, 0.717) is 23.1 Å². The summed E-state index contributed by atoms with van der Waals surface area (Å²) in [6, 6.07) is 3.77. The average Bonchev–Trinajstić information content (AvgIpc) is 2.30. The van der Waals surface area contributed by atoms with Gasteiger partial charge in [0.25, 0.3) is 5.56 Å². The highest BCUT2D eigenvalue weighted by molar-refractivity contribution is 5.93. The van der Waals surface area contributed by atoms with Crippen LogP contribution in [0.25, 0.3) is 10.9 Å². The Morgan fingerprint density at radius 1 is 1.29 bits per heavy atom. The summed E-state index contributed by atoms with van der Waals surface area (Å²) < 4.78 is 5.23. The molecule has 1 aromatic heterocycles. The van der Waals surface area contributed by atoms with Crippen LogP contribution in [0.15, 0.2) is 16.9 Å². The lowest BCUT2D eigenvalue weighted by Gasteiger charge is -2.10. The minimum atomic E-state index is -0.382. The summed E-state index contributed by atoms with van der Waals surface area (Å²) in [7, 11) is 1.55. The fraction of sp³-hybridized carbons (Fsp3) is 0.231. The summed E-state index contributed by atoms with van der Waals surface area (Å²) >= 11 is 0. The number of benzene rings is 1. The standard InChI is InChI=1S/C13H13NO3/c1-7-4-9-8(2)10(6-15)13(16)14-12(9)11(5-7)17-3/h4-6H,1-3H3,(H,14,16). The van der Waals surface area contributed by atoms with Gasteiger partial charge in [-0.25, -0.2) is 0 Å². The van der Waals surface area contributed by atoms with Gasteiger partial charge in [-0.1, -0.05) is 0 Å². The fourth-order valence-corrected chi connectivity index (χ4v) is 1.98. The Hall–Kier alpha value is -2.10. The van der Waals surface area contributed by atoms with E-state index in [4.69, 9.17) is 4.74 Å². The van der Waals surface area contributed by atoms with Gasteiger partial charge in [0.05, 0.1) is 18.2 Å². The molecule has 0 saturated heterocycles. The van der Waals surface area contributed by atoms with Crippen molar-refractivity contribution in [2.45, 2.75) is 13.8 Å². The molecule has 2 rings (SSSR count). The first-order valence-corrected chi connectivity index (χ1v) is 5.25. The number of ether oxygens (including phenoxy) is 1. The third kappa shape index (κ3) is 1.71. The molecule has 0 aliphatic heterocycles. The van der Waals surface area contributed by atoms with Crippen molar-refractivity contribution >= 4 is 17.2 Å². The zero-order valence-electron chi connectivity index (χ0n) is 9.96. The summed E-state index contributed by atoms with van der Waals surface area (Å²) in [6.07, 6.45) is 0.586. The number of hydrogen-bond donors (Lipinski definition) is 1. The molecule has 4 nitrogen and oxygen atoms in total. The summed E-state index contributed by atoms with van der Waals surface area (Å²) in [5, 5.41) is 0.837. The second-order valence-corrected chi connectivity index (χ2v) is 4.00. The highest BCUT2D eigenvalue weighted by Crippen LogP contribution is 2.27. The van der Waals surface area contributed by atoms with Gasteiger partial charge < -0.3 is 9.72 Å². The molecular formula is C13H13NO3. The summed E-state index contributed by atoms with van der Waals surface area (Å²) in [4.78, 5) is 25.3. The highest BCUT2D eigenvalue weighted by Gasteiger charge is 2.11. The predicted molar refractivity (Wildman–Crippen MR) is 66.0 cm³/mol. The van der Waals surface area contributed by atoms with Crippen LogP contribution in [-0.2, 0) is 0 Å². The van der Waals surface area contributed by atoms with Crippen molar-refractivity contribution in [3.8, 4) is 5.75 Å². The molecule has 0 amide bonds. The molecule has 1 N–H and O–H groups in total. The molecule has 0 unspecified atom stereocenters. The maximum absolute atomic E-state index is 11.7. The van der Waals surface area contributed by atoms with Crippen molar-refractivity contribution in [2.24, 2.45) is 0 Å². The van der Waals surface area contributed by atoms with Crippen molar-refractivity contribution in [1.82, 2.24) is 4.98 Å². The number of methoxy groups -OCH3 is 1. The number of H-pyrrole nitrogens is 1. The molecule has 0 saturated carbocycles. The fourth-order valence-electron chi connectivity index (χ4n) is 1.98. The third-order valence-corrected chi connectivity index (χ3v) is 2.88. The lowest BCUT2D eigenvalue weighted by atomic mass is 10.0. The number of nitrogens with one attached hydrogen (secondary N) is 1. The Morgan fingerprint density at radius 3 is 2.59 bits per heavy atom.